The molecule has 0 fully saturated rings. The highest BCUT2D eigenvalue weighted by atomic mass is 16.5. The minimum absolute atomic E-state index is 0.845. The smallest absolute Gasteiger partial charge is 0.159 e. The Hall–Kier alpha value is -0.990. The third kappa shape index (κ3) is 1.04. The maximum absolute atomic E-state index is 4.98. The van der Waals surface area contributed by atoms with Crippen molar-refractivity contribution in [1.29, 1.82) is 0 Å². The normalized spacial score (nSPS) is 9.67. The van der Waals surface area contributed by atoms with Gasteiger partial charge in [-0.25, -0.2) is 0 Å². The molecule has 0 aliphatic rings. The van der Waals surface area contributed by atoms with Crippen molar-refractivity contribution in [2.75, 3.05) is 7.11 Å². The van der Waals surface area contributed by atoms with Gasteiger partial charge in [-0.15, -0.1) is 0 Å². The summed E-state index contributed by atoms with van der Waals surface area (Å²) in [6.07, 6.45) is 1.84. The molecule has 0 radical (unpaired) electrons. The Morgan fingerprint density at radius 1 is 1.67 bits per heavy atom. The van der Waals surface area contributed by atoms with Crippen LogP contribution in [0.3, 0.4) is 0 Å². The number of rotatable bonds is 1. The summed E-state index contributed by atoms with van der Waals surface area (Å²) in [6.45, 7) is 1.92. The fourth-order valence-corrected chi connectivity index (χ4v) is 0.778. The molecule has 0 bridgehead atoms. The van der Waals surface area contributed by atoms with Crippen LogP contribution in [0.4, 0.5) is 0 Å². The van der Waals surface area contributed by atoms with Crippen molar-refractivity contribution in [1.82, 2.24) is 9.78 Å². The predicted octanol–water partition coefficient (Wildman–Crippen LogP) is 0.737. The van der Waals surface area contributed by atoms with E-state index in [1.54, 1.807) is 11.8 Å². The van der Waals surface area contributed by atoms with E-state index in [1.807, 2.05) is 20.2 Å². The van der Waals surface area contributed by atoms with Crippen molar-refractivity contribution >= 4 is 0 Å². The number of methoxy groups -OCH3 is 1. The van der Waals surface area contributed by atoms with E-state index >= 15 is 0 Å². The lowest BCUT2D eigenvalue weighted by atomic mass is 10.5. The number of aromatic nitrogens is 2. The van der Waals surface area contributed by atoms with Gasteiger partial charge in [-0.2, -0.15) is 5.10 Å². The van der Waals surface area contributed by atoms with Crippen LogP contribution in [-0.4, -0.2) is 16.9 Å². The van der Waals surface area contributed by atoms with Crippen molar-refractivity contribution in [2.45, 2.75) is 6.92 Å². The Kier molecular flexibility index (Phi) is 1.42. The molecule has 0 unspecified atom stereocenters. The molecule has 9 heavy (non-hydrogen) atoms. The fraction of sp³-hybridized carbons (Fsp3) is 0.500. The van der Waals surface area contributed by atoms with Crippen LogP contribution in [0, 0.1) is 6.92 Å². The van der Waals surface area contributed by atoms with Gasteiger partial charge >= 0.3 is 0 Å². The van der Waals surface area contributed by atoms with Crippen LogP contribution < -0.4 is 4.74 Å². The lowest BCUT2D eigenvalue weighted by molar-refractivity contribution is 0.411. The molecule has 0 spiro atoms. The maximum atomic E-state index is 4.98. The van der Waals surface area contributed by atoms with Gasteiger partial charge in [0.1, 0.15) is 5.69 Å². The average molecular weight is 126 g/mol. The quantitative estimate of drug-likeness (QED) is 0.555. The maximum Gasteiger partial charge on any atom is 0.159 e. The lowest BCUT2D eigenvalue weighted by Crippen LogP contribution is -1.86. The van der Waals surface area contributed by atoms with Crippen LogP contribution in [0.5, 0.6) is 5.75 Å². The molecule has 0 amide bonds. The second kappa shape index (κ2) is 2.09. The van der Waals surface area contributed by atoms with Crippen molar-refractivity contribution in [3.63, 3.8) is 0 Å². The third-order valence-corrected chi connectivity index (χ3v) is 1.19. The molecule has 0 N–H and O–H groups in total. The summed E-state index contributed by atoms with van der Waals surface area (Å²) >= 11 is 0. The van der Waals surface area contributed by atoms with E-state index in [1.165, 1.54) is 0 Å². The highest BCUT2D eigenvalue weighted by Gasteiger charge is 1.99. The molecular formula is C6H10N2O. The monoisotopic (exact) mass is 126 g/mol. The zero-order chi connectivity index (χ0) is 6.85. The summed E-state index contributed by atoms with van der Waals surface area (Å²) in [5.74, 6) is 0.845. The molecule has 3 nitrogen and oxygen atoms in total. The van der Waals surface area contributed by atoms with E-state index < -0.39 is 0 Å². The van der Waals surface area contributed by atoms with Crippen molar-refractivity contribution in [2.24, 2.45) is 7.05 Å². The van der Waals surface area contributed by atoms with Crippen LogP contribution in [0.2, 0.25) is 0 Å². The Bertz CT molecular complexity index is 205. The van der Waals surface area contributed by atoms with E-state index in [9.17, 15) is 0 Å². The molecule has 1 aromatic heterocycles. The van der Waals surface area contributed by atoms with E-state index in [2.05, 4.69) is 5.10 Å². The molecule has 3 heteroatoms. The van der Waals surface area contributed by atoms with Crippen LogP contribution in [0.25, 0.3) is 0 Å². The van der Waals surface area contributed by atoms with E-state index in [0.717, 1.165) is 11.4 Å². The minimum atomic E-state index is 0.845. The fourth-order valence-electron chi connectivity index (χ4n) is 0.778. The number of ether oxygens (including phenoxy) is 1. The van der Waals surface area contributed by atoms with Crippen molar-refractivity contribution < 1.29 is 4.74 Å². The average Bonchev–Trinajstić information content (AvgIpc) is 2.10. The zero-order valence-corrected chi connectivity index (χ0v) is 5.88. The van der Waals surface area contributed by atoms with Gasteiger partial charge in [0.15, 0.2) is 5.75 Å². The highest BCUT2D eigenvalue weighted by molar-refractivity contribution is 5.22. The van der Waals surface area contributed by atoms with Gasteiger partial charge in [0.2, 0.25) is 0 Å². The van der Waals surface area contributed by atoms with E-state index in [0.29, 0.717) is 0 Å². The van der Waals surface area contributed by atoms with Crippen LogP contribution >= 0.6 is 0 Å². The molecule has 0 saturated heterocycles. The molecule has 1 aromatic rings. The van der Waals surface area contributed by atoms with Crippen molar-refractivity contribution in [3.8, 4) is 5.75 Å². The summed E-state index contributed by atoms with van der Waals surface area (Å²) in [5, 5.41) is 4.07. The van der Waals surface area contributed by atoms with Crippen LogP contribution in [0.15, 0.2) is 6.20 Å². The zero-order valence-electron chi connectivity index (χ0n) is 5.88. The molecule has 1 rings (SSSR count). The number of hydrogen-bond acceptors (Lipinski definition) is 2. The molecule has 0 aliphatic heterocycles. The first-order valence-corrected chi connectivity index (χ1v) is 2.78. The lowest BCUT2D eigenvalue weighted by Gasteiger charge is -1.90. The molecule has 0 aromatic carbocycles. The SMILES string of the molecule is COc1cn(C)nc1C. The Morgan fingerprint density at radius 2 is 2.33 bits per heavy atom. The molecule has 50 valence electrons. The van der Waals surface area contributed by atoms with Gasteiger partial charge in [-0.05, 0) is 6.92 Å². The standard InChI is InChI=1S/C6H10N2O/c1-5-6(9-3)4-8(2)7-5/h4H,1-3H3. The molecule has 0 atom stereocenters. The van der Waals surface area contributed by atoms with Gasteiger partial charge in [0.05, 0.1) is 13.3 Å². The summed E-state index contributed by atoms with van der Waals surface area (Å²) < 4.78 is 6.71. The van der Waals surface area contributed by atoms with Crippen LogP contribution in [0.1, 0.15) is 5.69 Å². The second-order valence-electron chi connectivity index (χ2n) is 1.96. The van der Waals surface area contributed by atoms with Gasteiger partial charge in [0.25, 0.3) is 0 Å². The Labute approximate surface area is 54.2 Å². The number of aryl methyl sites for hydroxylation is 2. The topological polar surface area (TPSA) is 27.1 Å². The second-order valence-corrected chi connectivity index (χ2v) is 1.96. The summed E-state index contributed by atoms with van der Waals surface area (Å²) in [5.41, 5.74) is 0.931. The minimum Gasteiger partial charge on any atom is -0.493 e. The molecular weight excluding hydrogens is 116 g/mol. The van der Waals surface area contributed by atoms with Gasteiger partial charge in [-0.1, -0.05) is 0 Å². The summed E-state index contributed by atoms with van der Waals surface area (Å²) in [6, 6.07) is 0. The van der Waals surface area contributed by atoms with E-state index in [4.69, 9.17) is 4.74 Å². The first-order valence-electron chi connectivity index (χ1n) is 2.78. The largest absolute Gasteiger partial charge is 0.493 e. The Balaban J connectivity index is 3.01. The van der Waals surface area contributed by atoms with Crippen molar-refractivity contribution in [3.05, 3.63) is 11.9 Å². The molecule has 0 aliphatic carbocycles. The molecule has 1 heterocycles. The van der Waals surface area contributed by atoms with Gasteiger partial charge in [0, 0.05) is 7.05 Å². The van der Waals surface area contributed by atoms with E-state index in [-0.39, 0.29) is 0 Å². The summed E-state index contributed by atoms with van der Waals surface area (Å²) in [4.78, 5) is 0. The first-order chi connectivity index (χ1) is 4.24. The summed E-state index contributed by atoms with van der Waals surface area (Å²) in [7, 11) is 3.51. The van der Waals surface area contributed by atoms with Crippen LogP contribution in [-0.2, 0) is 7.05 Å². The predicted molar refractivity (Wildman–Crippen MR) is 34.5 cm³/mol. The van der Waals surface area contributed by atoms with Gasteiger partial charge < -0.3 is 4.74 Å². The highest BCUT2D eigenvalue weighted by Crippen LogP contribution is 2.12. The number of nitrogens with zero attached hydrogens (tertiary/aromatic N) is 2. The van der Waals surface area contributed by atoms with Gasteiger partial charge in [-0.3, -0.25) is 4.68 Å². The molecule has 0 saturated carbocycles. The Morgan fingerprint density at radius 3 is 2.56 bits per heavy atom. The first kappa shape index (κ1) is 6.13. The number of hydrogen-bond donors (Lipinski definition) is 0. The third-order valence-electron chi connectivity index (χ3n) is 1.19.